The van der Waals surface area contributed by atoms with Gasteiger partial charge in [0, 0.05) is 32.5 Å². The van der Waals surface area contributed by atoms with Gasteiger partial charge in [-0.25, -0.2) is 9.97 Å². The van der Waals surface area contributed by atoms with Crippen LogP contribution in [0.1, 0.15) is 10.6 Å². The Labute approximate surface area is 150 Å². The van der Waals surface area contributed by atoms with Gasteiger partial charge in [0.25, 0.3) is 5.91 Å². The van der Waals surface area contributed by atoms with Crippen molar-refractivity contribution in [1.82, 2.24) is 19.4 Å². The summed E-state index contributed by atoms with van der Waals surface area (Å²) in [4.78, 5) is 25.6. The second-order valence-electron chi connectivity index (χ2n) is 5.95. The largest absolute Gasteiger partial charge is 0.497 e. The van der Waals surface area contributed by atoms with Crippen molar-refractivity contribution in [1.29, 1.82) is 0 Å². The van der Waals surface area contributed by atoms with Gasteiger partial charge in [-0.15, -0.1) is 0 Å². The van der Waals surface area contributed by atoms with E-state index in [2.05, 4.69) is 9.97 Å². The number of aryl methyl sites for hydroxylation is 1. The molecule has 2 aromatic heterocycles. The van der Waals surface area contributed by atoms with Gasteiger partial charge in [0.05, 0.1) is 17.3 Å². The van der Waals surface area contributed by atoms with Crippen LogP contribution in [0, 0.1) is 0 Å². The average molecular weight is 359 g/mol. The van der Waals surface area contributed by atoms with Crippen molar-refractivity contribution in [2.24, 2.45) is 7.05 Å². The summed E-state index contributed by atoms with van der Waals surface area (Å²) >= 11 is 1.48. The lowest BCUT2D eigenvalue weighted by atomic mass is 10.3. The van der Waals surface area contributed by atoms with Crippen LogP contribution in [-0.2, 0) is 7.05 Å². The highest BCUT2D eigenvalue weighted by atomic mass is 32.1. The van der Waals surface area contributed by atoms with E-state index in [-0.39, 0.29) is 5.91 Å². The summed E-state index contributed by atoms with van der Waals surface area (Å²) in [6, 6.07) is 5.71. The number of nitrogens with zero attached hydrogens (tertiary/aromatic N) is 5. The van der Waals surface area contributed by atoms with Gasteiger partial charge in [-0.05, 0) is 32.3 Å². The average Bonchev–Trinajstić information content (AvgIpc) is 3.19. The molecule has 1 aromatic carbocycles. The number of amides is 1. The molecular weight excluding hydrogens is 338 g/mol. The van der Waals surface area contributed by atoms with E-state index in [1.54, 1.807) is 29.0 Å². The summed E-state index contributed by atoms with van der Waals surface area (Å²) in [6.07, 6.45) is 3.39. The number of hydrogen-bond donors (Lipinski definition) is 0. The van der Waals surface area contributed by atoms with Gasteiger partial charge in [0.15, 0.2) is 11.0 Å². The number of fused-ring (bicyclic) bond motifs is 1. The smallest absolute Gasteiger partial charge is 0.296 e. The zero-order valence-electron chi connectivity index (χ0n) is 14.8. The number of anilines is 1. The number of carbonyl (C=O) groups excluding carboxylic acids is 1. The maximum atomic E-state index is 13.0. The summed E-state index contributed by atoms with van der Waals surface area (Å²) in [5.41, 5.74) is 0.850. The third-order valence-corrected chi connectivity index (χ3v) is 4.88. The van der Waals surface area contributed by atoms with Crippen molar-refractivity contribution in [3.8, 4) is 5.75 Å². The SMILES string of the molecule is COc1ccc2nc(N(CCN(C)C)C(=O)c3nccn3C)sc2c1. The lowest BCUT2D eigenvalue weighted by Crippen LogP contribution is -2.38. The van der Waals surface area contributed by atoms with Crippen LogP contribution in [-0.4, -0.2) is 59.6 Å². The minimum absolute atomic E-state index is 0.152. The molecule has 7 nitrogen and oxygen atoms in total. The molecule has 0 unspecified atom stereocenters. The van der Waals surface area contributed by atoms with E-state index in [0.29, 0.717) is 17.5 Å². The van der Waals surface area contributed by atoms with Gasteiger partial charge >= 0.3 is 0 Å². The van der Waals surface area contributed by atoms with Gasteiger partial charge in [-0.1, -0.05) is 11.3 Å². The highest BCUT2D eigenvalue weighted by Crippen LogP contribution is 2.32. The molecule has 3 rings (SSSR count). The van der Waals surface area contributed by atoms with Crippen LogP contribution in [0.2, 0.25) is 0 Å². The molecule has 0 aliphatic rings. The molecule has 0 radical (unpaired) electrons. The van der Waals surface area contributed by atoms with Gasteiger partial charge in [-0.2, -0.15) is 0 Å². The molecule has 25 heavy (non-hydrogen) atoms. The van der Waals surface area contributed by atoms with Crippen molar-refractivity contribution in [3.63, 3.8) is 0 Å². The van der Waals surface area contributed by atoms with E-state index >= 15 is 0 Å². The summed E-state index contributed by atoms with van der Waals surface area (Å²) in [7, 11) is 7.41. The molecular formula is C17H21N5O2S. The Hall–Kier alpha value is -2.45. The van der Waals surface area contributed by atoms with Crippen molar-refractivity contribution in [2.75, 3.05) is 39.2 Å². The molecule has 0 N–H and O–H groups in total. The Balaban J connectivity index is 1.98. The number of hydrogen-bond acceptors (Lipinski definition) is 6. The van der Waals surface area contributed by atoms with E-state index in [4.69, 9.17) is 4.74 Å². The fourth-order valence-electron chi connectivity index (χ4n) is 2.41. The Morgan fingerprint density at radius 3 is 2.76 bits per heavy atom. The molecule has 132 valence electrons. The summed E-state index contributed by atoms with van der Waals surface area (Å²) in [6.45, 7) is 1.27. The number of imidazole rings is 1. The predicted octanol–water partition coefficient (Wildman–Crippen LogP) is 2.25. The summed E-state index contributed by atoms with van der Waals surface area (Å²) < 4.78 is 7.98. The van der Waals surface area contributed by atoms with Crippen molar-refractivity contribution < 1.29 is 9.53 Å². The second-order valence-corrected chi connectivity index (χ2v) is 6.96. The van der Waals surface area contributed by atoms with Crippen molar-refractivity contribution in [3.05, 3.63) is 36.4 Å². The molecule has 0 saturated heterocycles. The first kappa shape index (κ1) is 17.4. The highest BCUT2D eigenvalue weighted by Gasteiger charge is 2.24. The Kier molecular flexibility index (Phi) is 5.00. The molecule has 0 atom stereocenters. The van der Waals surface area contributed by atoms with Crippen LogP contribution in [0.5, 0.6) is 5.75 Å². The van der Waals surface area contributed by atoms with E-state index < -0.39 is 0 Å². The molecule has 1 amide bonds. The second kappa shape index (κ2) is 7.20. The fourth-order valence-corrected chi connectivity index (χ4v) is 3.43. The Morgan fingerprint density at radius 2 is 2.12 bits per heavy atom. The van der Waals surface area contributed by atoms with Crippen LogP contribution < -0.4 is 9.64 Å². The third-order valence-electron chi connectivity index (χ3n) is 3.84. The first-order valence-corrected chi connectivity index (χ1v) is 8.69. The minimum Gasteiger partial charge on any atom is -0.497 e. The summed E-state index contributed by atoms with van der Waals surface area (Å²) in [5.74, 6) is 1.02. The highest BCUT2D eigenvalue weighted by molar-refractivity contribution is 7.22. The Bertz CT molecular complexity index is 886. The maximum Gasteiger partial charge on any atom is 0.296 e. The third kappa shape index (κ3) is 3.64. The predicted molar refractivity (Wildman–Crippen MR) is 99.6 cm³/mol. The van der Waals surface area contributed by atoms with Crippen LogP contribution in [0.4, 0.5) is 5.13 Å². The van der Waals surface area contributed by atoms with Gasteiger partial charge in [0.1, 0.15) is 5.75 Å². The standard InChI is InChI=1S/C17H21N5O2S/c1-20(2)9-10-22(16(23)15-18-7-8-21(15)3)17-19-13-6-5-12(24-4)11-14(13)25-17/h5-8,11H,9-10H2,1-4H3. The number of rotatable bonds is 6. The van der Waals surface area contributed by atoms with E-state index in [1.165, 1.54) is 11.3 Å². The fraction of sp³-hybridized carbons (Fsp3) is 0.353. The zero-order valence-corrected chi connectivity index (χ0v) is 15.6. The Morgan fingerprint density at radius 1 is 1.32 bits per heavy atom. The molecule has 0 aliphatic carbocycles. The van der Waals surface area contributed by atoms with Crippen LogP contribution in [0.15, 0.2) is 30.6 Å². The molecule has 2 heterocycles. The van der Waals surface area contributed by atoms with Crippen molar-refractivity contribution in [2.45, 2.75) is 0 Å². The number of aromatic nitrogens is 3. The first-order chi connectivity index (χ1) is 12.0. The summed E-state index contributed by atoms with van der Waals surface area (Å²) in [5, 5.41) is 0.665. The lowest BCUT2D eigenvalue weighted by molar-refractivity contribution is 0.0972. The number of ether oxygens (including phenoxy) is 1. The number of likely N-dealkylation sites (N-methyl/N-ethyl adjacent to an activating group) is 1. The number of methoxy groups -OCH3 is 1. The van der Waals surface area contributed by atoms with Gasteiger partial charge < -0.3 is 14.2 Å². The van der Waals surface area contributed by atoms with Crippen molar-refractivity contribution >= 4 is 32.6 Å². The lowest BCUT2D eigenvalue weighted by Gasteiger charge is -2.21. The van der Waals surface area contributed by atoms with Gasteiger partial charge in [0.2, 0.25) is 0 Å². The molecule has 3 aromatic rings. The molecule has 0 aliphatic heterocycles. The molecule has 0 fully saturated rings. The molecule has 0 saturated carbocycles. The first-order valence-electron chi connectivity index (χ1n) is 7.88. The molecule has 0 bridgehead atoms. The molecule has 0 spiro atoms. The van der Waals surface area contributed by atoms with Crippen LogP contribution >= 0.6 is 11.3 Å². The minimum atomic E-state index is -0.152. The number of carbonyl (C=O) groups is 1. The zero-order chi connectivity index (χ0) is 18.0. The van der Waals surface area contributed by atoms with Gasteiger partial charge in [-0.3, -0.25) is 9.69 Å². The van der Waals surface area contributed by atoms with E-state index in [9.17, 15) is 4.79 Å². The topological polar surface area (TPSA) is 63.5 Å². The van der Waals surface area contributed by atoms with E-state index in [1.807, 2.05) is 44.2 Å². The van der Waals surface area contributed by atoms with Crippen LogP contribution in [0.25, 0.3) is 10.2 Å². The quantitative estimate of drug-likeness (QED) is 0.675. The van der Waals surface area contributed by atoms with E-state index in [0.717, 1.165) is 22.5 Å². The maximum absolute atomic E-state index is 13.0. The number of benzene rings is 1. The van der Waals surface area contributed by atoms with Crippen LogP contribution in [0.3, 0.4) is 0 Å². The number of thiazole rings is 1. The monoisotopic (exact) mass is 359 g/mol. The normalized spacial score (nSPS) is 11.2. The molecule has 8 heteroatoms.